The van der Waals surface area contributed by atoms with E-state index in [0.29, 0.717) is 13.2 Å². The van der Waals surface area contributed by atoms with Gasteiger partial charge in [-0.1, -0.05) is 30.3 Å². The molecule has 0 aliphatic rings. The second-order valence-electron chi connectivity index (χ2n) is 5.82. The van der Waals surface area contributed by atoms with Crippen LogP contribution in [-0.4, -0.2) is 25.0 Å². The van der Waals surface area contributed by atoms with Crippen LogP contribution in [0.1, 0.15) is 46.3 Å². The summed E-state index contributed by atoms with van der Waals surface area (Å²) in [4.78, 5) is 11.0. The first-order valence-electron chi connectivity index (χ1n) is 7.57. The highest BCUT2D eigenvalue weighted by atomic mass is 31.2. The summed E-state index contributed by atoms with van der Waals surface area (Å²) in [6.45, 7) is 9.88. The SMILES string of the molecule is CCOP(=O)(CC(OOC(C)(C)C)c1ccccc1)OCC. The maximum atomic E-state index is 12.7. The highest BCUT2D eigenvalue weighted by molar-refractivity contribution is 7.53. The molecule has 1 unspecified atom stereocenters. The molecule has 0 radical (unpaired) electrons. The van der Waals surface area contributed by atoms with E-state index in [0.717, 1.165) is 5.56 Å². The van der Waals surface area contributed by atoms with Gasteiger partial charge >= 0.3 is 7.60 Å². The molecule has 0 heterocycles. The zero-order chi connectivity index (χ0) is 16.6. The van der Waals surface area contributed by atoms with Crippen molar-refractivity contribution in [3.63, 3.8) is 0 Å². The standard InChI is InChI=1S/C16H27O5P/c1-6-18-22(17,19-7-2)13-15(20-21-16(3,4)5)14-11-9-8-10-12-14/h8-12,15H,6-7,13H2,1-5H3. The minimum absolute atomic E-state index is 0.106. The van der Waals surface area contributed by atoms with E-state index in [1.54, 1.807) is 13.8 Å². The molecule has 0 spiro atoms. The molecule has 1 aromatic rings. The Kier molecular flexibility index (Phi) is 7.74. The van der Waals surface area contributed by atoms with Gasteiger partial charge in [-0.3, -0.25) is 4.57 Å². The van der Waals surface area contributed by atoms with Gasteiger partial charge in [-0.25, -0.2) is 9.78 Å². The van der Waals surface area contributed by atoms with Crippen LogP contribution in [0.4, 0.5) is 0 Å². The van der Waals surface area contributed by atoms with Crippen LogP contribution < -0.4 is 0 Å². The van der Waals surface area contributed by atoms with Crippen LogP contribution in [0.2, 0.25) is 0 Å². The van der Waals surface area contributed by atoms with Gasteiger partial charge in [0, 0.05) is 0 Å². The van der Waals surface area contributed by atoms with Crippen molar-refractivity contribution in [1.29, 1.82) is 0 Å². The smallest absolute Gasteiger partial charge is 0.309 e. The monoisotopic (exact) mass is 330 g/mol. The fraction of sp³-hybridized carbons (Fsp3) is 0.625. The second kappa shape index (κ2) is 8.80. The average molecular weight is 330 g/mol. The molecule has 1 rings (SSSR count). The summed E-state index contributed by atoms with van der Waals surface area (Å²) >= 11 is 0. The number of benzene rings is 1. The quantitative estimate of drug-likeness (QED) is 0.372. The Balaban J connectivity index is 2.92. The molecule has 0 aliphatic heterocycles. The van der Waals surface area contributed by atoms with Crippen molar-refractivity contribution in [2.24, 2.45) is 0 Å². The van der Waals surface area contributed by atoms with Gasteiger partial charge in [0.05, 0.1) is 25.0 Å². The van der Waals surface area contributed by atoms with Crippen LogP contribution >= 0.6 is 7.60 Å². The third-order valence-electron chi connectivity index (χ3n) is 2.63. The molecule has 0 fully saturated rings. The zero-order valence-electron chi connectivity index (χ0n) is 14.1. The third-order valence-corrected chi connectivity index (χ3v) is 4.71. The van der Waals surface area contributed by atoms with Crippen LogP contribution in [0, 0.1) is 0 Å². The Morgan fingerprint density at radius 3 is 2.05 bits per heavy atom. The van der Waals surface area contributed by atoms with E-state index in [4.69, 9.17) is 18.8 Å². The van der Waals surface area contributed by atoms with Crippen molar-refractivity contribution in [2.45, 2.75) is 46.3 Å². The predicted octanol–water partition coefficient (Wildman–Crippen LogP) is 4.74. The lowest BCUT2D eigenvalue weighted by Gasteiger charge is -2.26. The van der Waals surface area contributed by atoms with Gasteiger partial charge < -0.3 is 9.05 Å². The predicted molar refractivity (Wildman–Crippen MR) is 86.8 cm³/mol. The topological polar surface area (TPSA) is 54.0 Å². The van der Waals surface area contributed by atoms with Crippen LogP contribution in [-0.2, 0) is 23.4 Å². The molecule has 0 amide bonds. The van der Waals surface area contributed by atoms with E-state index in [-0.39, 0.29) is 6.16 Å². The average Bonchev–Trinajstić information content (AvgIpc) is 2.44. The number of hydrogen-bond donors (Lipinski definition) is 0. The summed E-state index contributed by atoms with van der Waals surface area (Å²) in [5, 5.41) is 0. The van der Waals surface area contributed by atoms with E-state index in [2.05, 4.69) is 0 Å². The van der Waals surface area contributed by atoms with Gasteiger partial charge in [-0.2, -0.15) is 0 Å². The fourth-order valence-electron chi connectivity index (χ4n) is 1.80. The summed E-state index contributed by atoms with van der Waals surface area (Å²) in [5.41, 5.74) is 0.403. The van der Waals surface area contributed by atoms with Crippen molar-refractivity contribution < 1.29 is 23.4 Å². The Bertz CT molecular complexity index is 459. The summed E-state index contributed by atoms with van der Waals surface area (Å²) in [6.07, 6.45) is -0.418. The second-order valence-corrected chi connectivity index (χ2v) is 7.92. The van der Waals surface area contributed by atoms with Crippen molar-refractivity contribution >= 4 is 7.60 Å². The van der Waals surface area contributed by atoms with E-state index in [9.17, 15) is 4.57 Å². The summed E-state index contributed by atoms with van der Waals surface area (Å²) in [5.74, 6) is 0. The number of rotatable bonds is 9. The first-order valence-corrected chi connectivity index (χ1v) is 9.30. The molecule has 0 saturated heterocycles. The van der Waals surface area contributed by atoms with Gasteiger partial charge in [0.2, 0.25) is 0 Å². The molecule has 22 heavy (non-hydrogen) atoms. The molecule has 1 atom stereocenters. The normalized spacial score (nSPS) is 14.0. The maximum absolute atomic E-state index is 12.7. The van der Waals surface area contributed by atoms with Gasteiger partial charge in [0.1, 0.15) is 6.10 Å². The van der Waals surface area contributed by atoms with Crippen LogP contribution in [0.5, 0.6) is 0 Å². The molecule has 0 saturated carbocycles. The minimum atomic E-state index is -3.23. The van der Waals surface area contributed by atoms with Gasteiger partial charge in [-0.05, 0) is 40.2 Å². The minimum Gasteiger partial charge on any atom is -0.309 e. The van der Waals surface area contributed by atoms with Crippen LogP contribution in [0.25, 0.3) is 0 Å². The van der Waals surface area contributed by atoms with Crippen molar-refractivity contribution in [2.75, 3.05) is 19.4 Å². The van der Waals surface area contributed by atoms with Gasteiger partial charge in [-0.15, -0.1) is 0 Å². The lowest BCUT2D eigenvalue weighted by Crippen LogP contribution is -2.23. The highest BCUT2D eigenvalue weighted by Crippen LogP contribution is 2.51. The molecule has 0 aliphatic carbocycles. The third kappa shape index (κ3) is 7.03. The Morgan fingerprint density at radius 2 is 1.59 bits per heavy atom. The summed E-state index contributed by atoms with van der Waals surface area (Å²) < 4.78 is 23.4. The summed E-state index contributed by atoms with van der Waals surface area (Å²) in [7, 11) is -3.23. The van der Waals surface area contributed by atoms with Crippen LogP contribution in [0.3, 0.4) is 0 Å². The zero-order valence-corrected chi connectivity index (χ0v) is 15.0. The lowest BCUT2D eigenvalue weighted by atomic mass is 10.1. The largest absolute Gasteiger partial charge is 0.333 e. The molecule has 126 valence electrons. The molecule has 5 nitrogen and oxygen atoms in total. The molecular formula is C16H27O5P. The van der Waals surface area contributed by atoms with E-state index < -0.39 is 19.3 Å². The molecular weight excluding hydrogens is 303 g/mol. The van der Waals surface area contributed by atoms with Crippen molar-refractivity contribution in [1.82, 2.24) is 0 Å². The van der Waals surface area contributed by atoms with E-state index in [1.807, 2.05) is 51.1 Å². The molecule has 0 aromatic heterocycles. The highest BCUT2D eigenvalue weighted by Gasteiger charge is 2.31. The van der Waals surface area contributed by atoms with Crippen molar-refractivity contribution in [3.05, 3.63) is 35.9 Å². The first kappa shape index (κ1) is 19.3. The number of hydrogen-bond acceptors (Lipinski definition) is 5. The Hall–Kier alpha value is -0.710. The first-order chi connectivity index (χ1) is 10.3. The lowest BCUT2D eigenvalue weighted by molar-refractivity contribution is -0.372. The molecule has 1 aromatic carbocycles. The van der Waals surface area contributed by atoms with E-state index >= 15 is 0 Å². The van der Waals surface area contributed by atoms with E-state index in [1.165, 1.54) is 0 Å². The Labute approximate surface area is 133 Å². The molecule has 6 heteroatoms. The molecule has 0 N–H and O–H groups in total. The Morgan fingerprint density at radius 1 is 1.05 bits per heavy atom. The maximum Gasteiger partial charge on any atom is 0.333 e. The van der Waals surface area contributed by atoms with Gasteiger partial charge in [0.25, 0.3) is 0 Å². The van der Waals surface area contributed by atoms with Gasteiger partial charge in [0.15, 0.2) is 0 Å². The van der Waals surface area contributed by atoms with Crippen molar-refractivity contribution in [3.8, 4) is 0 Å². The fourth-order valence-corrected chi connectivity index (χ4v) is 3.55. The van der Waals surface area contributed by atoms with Crippen LogP contribution in [0.15, 0.2) is 30.3 Å². The molecule has 0 bridgehead atoms. The summed E-state index contributed by atoms with van der Waals surface area (Å²) in [6, 6.07) is 9.51.